The average Bonchev–Trinajstić information content (AvgIpc) is 3.68. The standard InChI is InChI=1S/C76H49N3O/c1-5-15-50(16-6-1)54-25-33-60(34-26-54)77(61-35-27-55(28-36-61)51-17-7-2-8-18-51)64-41-42-65-69-46-58-45-68-66-43-44-71(75-67-23-13-14-24-70(67)79(76(66)75)72(68)47-59(58)48-73(69)80-74(65)49-64)78(62-37-29-56(30-38-62)52-19-9-3-10-20-52)63-39-31-57(32-40-63)53-21-11-4-12-22-53/h1-49H. The van der Waals surface area contributed by atoms with Crippen molar-refractivity contribution in [2.24, 2.45) is 0 Å². The summed E-state index contributed by atoms with van der Waals surface area (Å²) in [6, 6.07) is 108. The van der Waals surface area contributed by atoms with E-state index in [1.165, 1.54) is 88.0 Å². The number of rotatable bonds is 10. The molecule has 4 heteroatoms. The van der Waals surface area contributed by atoms with Gasteiger partial charge in [-0.1, -0.05) is 194 Å². The van der Waals surface area contributed by atoms with Crippen LogP contribution in [-0.2, 0) is 0 Å². The van der Waals surface area contributed by atoms with E-state index in [-0.39, 0.29) is 0 Å². The summed E-state index contributed by atoms with van der Waals surface area (Å²) in [6.45, 7) is 0. The highest BCUT2D eigenvalue weighted by molar-refractivity contribution is 6.29. The van der Waals surface area contributed by atoms with Gasteiger partial charge in [-0.05, 0) is 152 Å². The Morgan fingerprint density at radius 1 is 0.250 bits per heavy atom. The second-order valence-corrected chi connectivity index (χ2v) is 20.9. The topological polar surface area (TPSA) is 24.0 Å². The summed E-state index contributed by atoms with van der Waals surface area (Å²) in [4.78, 5) is 4.76. The smallest absolute Gasteiger partial charge is 0.137 e. The lowest BCUT2D eigenvalue weighted by molar-refractivity contribution is 0.669. The van der Waals surface area contributed by atoms with Crippen molar-refractivity contribution in [2.45, 2.75) is 0 Å². The third kappa shape index (κ3) is 7.53. The Balaban J connectivity index is 0.827. The van der Waals surface area contributed by atoms with Gasteiger partial charge in [0.1, 0.15) is 11.2 Å². The molecule has 374 valence electrons. The first-order chi connectivity index (χ1) is 39.6. The SMILES string of the molecule is c1ccc(-c2ccc(N(c3ccc(-c4ccccc4)cc3)c3ccc4c(c3)oc3cc5cc6c(cc5cc34)c3ccc(N(c4ccc(-c5ccccc5)cc4)c4ccc(-c5ccccc5)cc4)c4c5ccccc5n6c34)cc2)cc1. The van der Waals surface area contributed by atoms with Crippen LogP contribution in [0.5, 0.6) is 0 Å². The molecule has 3 aromatic heterocycles. The Bertz CT molecular complexity index is 4770. The number of nitrogens with zero attached hydrogens (tertiary/aromatic N) is 3. The number of hydrogen-bond acceptors (Lipinski definition) is 3. The number of benzene rings is 13. The zero-order valence-electron chi connectivity index (χ0n) is 43.5. The highest BCUT2D eigenvalue weighted by Gasteiger charge is 2.25. The van der Waals surface area contributed by atoms with E-state index in [4.69, 9.17) is 4.42 Å². The quantitative estimate of drug-likeness (QED) is 0.136. The normalized spacial score (nSPS) is 11.8. The first-order valence-corrected chi connectivity index (χ1v) is 27.4. The molecule has 0 unspecified atom stereocenters. The molecule has 0 aliphatic carbocycles. The van der Waals surface area contributed by atoms with Crippen molar-refractivity contribution < 1.29 is 4.42 Å². The van der Waals surface area contributed by atoms with E-state index >= 15 is 0 Å². The maximum atomic E-state index is 6.92. The van der Waals surface area contributed by atoms with Crippen LogP contribution < -0.4 is 9.80 Å². The summed E-state index contributed by atoms with van der Waals surface area (Å²) in [6.07, 6.45) is 0. The summed E-state index contributed by atoms with van der Waals surface area (Å²) in [5.74, 6) is 0. The van der Waals surface area contributed by atoms with Crippen LogP contribution in [-0.4, -0.2) is 4.40 Å². The molecule has 0 N–H and O–H groups in total. The Hall–Kier alpha value is -10.7. The second kappa shape index (κ2) is 18.5. The largest absolute Gasteiger partial charge is 0.456 e. The van der Waals surface area contributed by atoms with Crippen LogP contribution in [0.3, 0.4) is 0 Å². The fraction of sp³-hybridized carbons (Fsp3) is 0. The number of para-hydroxylation sites is 1. The van der Waals surface area contributed by atoms with Gasteiger partial charge in [0.2, 0.25) is 0 Å². The third-order valence-corrected chi connectivity index (χ3v) is 16.3. The van der Waals surface area contributed by atoms with E-state index in [2.05, 4.69) is 311 Å². The number of anilines is 6. The van der Waals surface area contributed by atoms with E-state index in [0.29, 0.717) is 0 Å². The Morgan fingerprint density at radius 3 is 1.16 bits per heavy atom. The molecule has 0 bridgehead atoms. The molecule has 0 aliphatic rings. The summed E-state index contributed by atoms with van der Waals surface area (Å²) in [7, 11) is 0. The summed E-state index contributed by atoms with van der Waals surface area (Å²) in [5, 5.41) is 9.38. The molecule has 0 radical (unpaired) electrons. The van der Waals surface area contributed by atoms with Crippen molar-refractivity contribution >= 4 is 105 Å². The highest BCUT2D eigenvalue weighted by Crippen LogP contribution is 2.49. The molecule has 0 saturated heterocycles. The summed E-state index contributed by atoms with van der Waals surface area (Å²) in [5.41, 5.74) is 21.2. The Kier molecular flexibility index (Phi) is 10.5. The van der Waals surface area contributed by atoms with Crippen molar-refractivity contribution in [1.82, 2.24) is 4.40 Å². The highest BCUT2D eigenvalue weighted by atomic mass is 16.3. The van der Waals surface area contributed by atoms with E-state index in [1.807, 2.05) is 0 Å². The number of aromatic nitrogens is 1. The van der Waals surface area contributed by atoms with Crippen LogP contribution in [0.25, 0.3) is 115 Å². The molecule has 16 rings (SSSR count). The molecular formula is C76H49N3O. The fourth-order valence-electron chi connectivity index (χ4n) is 12.4. The van der Waals surface area contributed by atoms with Gasteiger partial charge in [0.25, 0.3) is 0 Å². The molecule has 0 spiro atoms. The van der Waals surface area contributed by atoms with Gasteiger partial charge in [-0.3, -0.25) is 0 Å². The lowest BCUT2D eigenvalue weighted by Gasteiger charge is -2.27. The zero-order valence-corrected chi connectivity index (χ0v) is 43.5. The van der Waals surface area contributed by atoms with Crippen molar-refractivity contribution in [1.29, 1.82) is 0 Å². The first-order valence-electron chi connectivity index (χ1n) is 27.4. The minimum Gasteiger partial charge on any atom is -0.456 e. The Morgan fingerprint density at radius 2 is 0.650 bits per heavy atom. The van der Waals surface area contributed by atoms with E-state index in [9.17, 15) is 0 Å². The number of hydrogen-bond donors (Lipinski definition) is 0. The van der Waals surface area contributed by atoms with Gasteiger partial charge < -0.3 is 18.6 Å². The van der Waals surface area contributed by atoms with Crippen LogP contribution in [0.4, 0.5) is 34.1 Å². The molecule has 16 aromatic rings. The Labute approximate surface area is 462 Å². The molecule has 0 aliphatic heterocycles. The number of furan rings is 1. The average molecular weight is 1020 g/mol. The zero-order chi connectivity index (χ0) is 52.7. The molecular weight excluding hydrogens is 971 g/mol. The predicted molar refractivity (Wildman–Crippen MR) is 337 cm³/mol. The molecule has 0 amide bonds. The molecule has 4 nitrogen and oxygen atoms in total. The van der Waals surface area contributed by atoms with Crippen LogP contribution in [0.2, 0.25) is 0 Å². The van der Waals surface area contributed by atoms with E-state index < -0.39 is 0 Å². The van der Waals surface area contributed by atoms with Crippen molar-refractivity contribution in [3.63, 3.8) is 0 Å². The van der Waals surface area contributed by atoms with Gasteiger partial charge in [-0.25, -0.2) is 0 Å². The van der Waals surface area contributed by atoms with E-state index in [1.54, 1.807) is 0 Å². The van der Waals surface area contributed by atoms with Crippen LogP contribution >= 0.6 is 0 Å². The van der Waals surface area contributed by atoms with Crippen molar-refractivity contribution in [3.8, 4) is 44.5 Å². The molecule has 13 aromatic carbocycles. The molecule has 3 heterocycles. The third-order valence-electron chi connectivity index (χ3n) is 16.3. The molecule has 80 heavy (non-hydrogen) atoms. The van der Waals surface area contributed by atoms with Gasteiger partial charge in [0.05, 0.1) is 22.2 Å². The number of fused-ring (bicyclic) bond motifs is 10. The van der Waals surface area contributed by atoms with Crippen LogP contribution in [0.15, 0.2) is 302 Å². The maximum absolute atomic E-state index is 6.92. The molecule has 0 fully saturated rings. The maximum Gasteiger partial charge on any atom is 0.137 e. The van der Waals surface area contributed by atoms with E-state index in [0.717, 1.165) is 61.4 Å². The summed E-state index contributed by atoms with van der Waals surface area (Å²) >= 11 is 0. The van der Waals surface area contributed by atoms with Crippen molar-refractivity contribution in [3.05, 3.63) is 297 Å². The minimum atomic E-state index is 0.845. The van der Waals surface area contributed by atoms with Crippen molar-refractivity contribution in [2.75, 3.05) is 9.80 Å². The monoisotopic (exact) mass is 1020 g/mol. The summed E-state index contributed by atoms with van der Waals surface area (Å²) < 4.78 is 9.42. The predicted octanol–water partition coefficient (Wildman–Crippen LogP) is 21.5. The molecule has 0 saturated carbocycles. The lowest BCUT2D eigenvalue weighted by atomic mass is 10.0. The van der Waals surface area contributed by atoms with Gasteiger partial charge in [0.15, 0.2) is 0 Å². The fourth-order valence-corrected chi connectivity index (χ4v) is 12.4. The van der Waals surface area contributed by atoms with Gasteiger partial charge in [-0.15, -0.1) is 0 Å². The lowest BCUT2D eigenvalue weighted by Crippen LogP contribution is -2.10. The minimum absolute atomic E-state index is 0.845. The van der Waals surface area contributed by atoms with Gasteiger partial charge in [0, 0.05) is 66.8 Å². The van der Waals surface area contributed by atoms with Gasteiger partial charge >= 0.3 is 0 Å². The molecule has 0 atom stereocenters. The first kappa shape index (κ1) is 45.5. The van der Waals surface area contributed by atoms with Crippen LogP contribution in [0, 0.1) is 0 Å². The van der Waals surface area contributed by atoms with Crippen LogP contribution in [0.1, 0.15) is 0 Å². The van der Waals surface area contributed by atoms with Gasteiger partial charge in [-0.2, -0.15) is 0 Å². The second-order valence-electron chi connectivity index (χ2n) is 20.9.